The summed E-state index contributed by atoms with van der Waals surface area (Å²) in [5, 5.41) is 6.05. The number of nitrogens with one attached hydrogen (secondary N) is 2. The zero-order valence-electron chi connectivity index (χ0n) is 12.6. The topological polar surface area (TPSA) is 59.1 Å². The van der Waals surface area contributed by atoms with Crippen LogP contribution in [0.1, 0.15) is 32.0 Å². The van der Waals surface area contributed by atoms with Crippen LogP contribution in [0.25, 0.3) is 0 Å². The first-order chi connectivity index (χ1) is 8.77. The molecule has 0 aliphatic heterocycles. The van der Waals surface area contributed by atoms with Crippen molar-refractivity contribution in [3.63, 3.8) is 0 Å². The summed E-state index contributed by atoms with van der Waals surface area (Å²) in [6, 6.07) is 0. The van der Waals surface area contributed by atoms with Crippen molar-refractivity contribution in [3.8, 4) is 0 Å². The molecule has 0 aromatic carbocycles. The molecule has 0 bridgehead atoms. The maximum Gasteiger partial charge on any atom is 0.269 e. The first kappa shape index (κ1) is 15.6. The minimum Gasteiger partial charge on any atom is -0.384 e. The molecule has 0 saturated carbocycles. The summed E-state index contributed by atoms with van der Waals surface area (Å²) in [6.07, 6.45) is 0. The van der Waals surface area contributed by atoms with E-state index in [9.17, 15) is 4.79 Å². The molecule has 0 fully saturated rings. The van der Waals surface area contributed by atoms with E-state index in [1.54, 1.807) is 7.11 Å². The van der Waals surface area contributed by atoms with Crippen LogP contribution in [0.15, 0.2) is 17.1 Å². The number of rotatable bonds is 6. The van der Waals surface area contributed by atoms with Crippen LogP contribution < -0.4 is 10.9 Å². The molecule has 1 aromatic heterocycles. The van der Waals surface area contributed by atoms with Gasteiger partial charge in [-0.2, -0.15) is 0 Å². The van der Waals surface area contributed by atoms with E-state index >= 15 is 0 Å². The average molecular weight is 267 g/mol. The Labute approximate surface area is 114 Å². The summed E-state index contributed by atoms with van der Waals surface area (Å²) in [5.41, 5.74) is 2.55. The molecule has 0 saturated heterocycles. The quantitative estimate of drug-likeness (QED) is 0.826. The Morgan fingerprint density at radius 1 is 1.47 bits per heavy atom. The Balaban J connectivity index is 2.77. The van der Waals surface area contributed by atoms with Crippen LogP contribution in [0.4, 0.5) is 0 Å². The third-order valence-corrected chi connectivity index (χ3v) is 3.26. The third-order valence-electron chi connectivity index (χ3n) is 3.26. The Morgan fingerprint density at radius 3 is 2.63 bits per heavy atom. The lowest BCUT2D eigenvalue weighted by molar-refractivity contribution is 0.182. The lowest BCUT2D eigenvalue weighted by Gasteiger charge is -2.23. The molecule has 1 aromatic rings. The van der Waals surface area contributed by atoms with Crippen LogP contribution in [0, 0.1) is 12.3 Å². The van der Waals surface area contributed by atoms with Gasteiger partial charge in [0.1, 0.15) is 0 Å². The Kier molecular flexibility index (Phi) is 5.00. The summed E-state index contributed by atoms with van der Waals surface area (Å²) >= 11 is 0. The number of hydrogen-bond acceptors (Lipinski definition) is 3. The predicted octanol–water partition coefficient (Wildman–Crippen LogP) is 1.78. The molecule has 0 radical (unpaired) electrons. The minimum atomic E-state index is -0.0530. The molecule has 0 aliphatic carbocycles. The number of H-pyrrole nitrogens is 1. The van der Waals surface area contributed by atoms with Crippen LogP contribution in [0.5, 0.6) is 0 Å². The highest BCUT2D eigenvalue weighted by Gasteiger charge is 2.16. The molecule has 108 valence electrons. The van der Waals surface area contributed by atoms with Gasteiger partial charge in [-0.15, -0.1) is 0 Å². The van der Waals surface area contributed by atoms with Gasteiger partial charge >= 0.3 is 0 Å². The number of hydrogen-bond donors (Lipinski definition) is 2. The number of allylic oxidation sites excluding steroid dienone is 1. The summed E-state index contributed by atoms with van der Waals surface area (Å²) in [6.45, 7) is 13.9. The smallest absolute Gasteiger partial charge is 0.269 e. The maximum absolute atomic E-state index is 11.9. The zero-order valence-corrected chi connectivity index (χ0v) is 12.6. The molecule has 5 heteroatoms. The van der Waals surface area contributed by atoms with Crippen molar-refractivity contribution in [2.75, 3.05) is 13.7 Å². The fourth-order valence-corrected chi connectivity index (χ4v) is 1.68. The van der Waals surface area contributed by atoms with Gasteiger partial charge in [0, 0.05) is 30.5 Å². The summed E-state index contributed by atoms with van der Waals surface area (Å²) < 4.78 is 6.84. The predicted molar refractivity (Wildman–Crippen MR) is 77.1 cm³/mol. The van der Waals surface area contributed by atoms with E-state index < -0.39 is 0 Å². The van der Waals surface area contributed by atoms with E-state index in [4.69, 9.17) is 4.74 Å². The molecule has 5 nitrogen and oxygen atoms in total. The second kappa shape index (κ2) is 6.10. The lowest BCUT2D eigenvalue weighted by atomic mass is 9.93. The number of ether oxygens (including phenoxy) is 1. The lowest BCUT2D eigenvalue weighted by Crippen LogP contribution is -2.25. The number of aromatic amines is 1. The van der Waals surface area contributed by atoms with Gasteiger partial charge in [0.2, 0.25) is 0 Å². The van der Waals surface area contributed by atoms with E-state index in [0.29, 0.717) is 19.7 Å². The van der Waals surface area contributed by atoms with Gasteiger partial charge in [0.25, 0.3) is 5.56 Å². The molecular formula is C14H25N3O2. The average Bonchev–Trinajstić information content (AvgIpc) is 2.58. The maximum atomic E-state index is 11.9. The number of nitrogens with zero attached hydrogens (tertiary/aromatic N) is 1. The summed E-state index contributed by atoms with van der Waals surface area (Å²) in [5.74, 6) is 0. The molecule has 0 spiro atoms. The molecule has 1 rings (SSSR count). The molecular weight excluding hydrogens is 242 g/mol. The fourth-order valence-electron chi connectivity index (χ4n) is 1.68. The highest BCUT2D eigenvalue weighted by atomic mass is 16.5. The molecule has 0 amide bonds. The number of aromatic nitrogens is 2. The number of methoxy groups -OCH3 is 1. The Hall–Kier alpha value is -1.49. The Bertz CT molecular complexity index is 492. The van der Waals surface area contributed by atoms with Crippen LogP contribution in [0.2, 0.25) is 0 Å². The van der Waals surface area contributed by atoms with Crippen molar-refractivity contribution in [2.24, 2.45) is 5.41 Å². The molecule has 0 atom stereocenters. The summed E-state index contributed by atoms with van der Waals surface area (Å²) in [7, 11) is 1.65. The van der Waals surface area contributed by atoms with Crippen molar-refractivity contribution in [1.82, 2.24) is 15.1 Å². The van der Waals surface area contributed by atoms with Crippen molar-refractivity contribution in [2.45, 2.75) is 40.8 Å². The van der Waals surface area contributed by atoms with Gasteiger partial charge in [-0.3, -0.25) is 14.6 Å². The fraction of sp³-hybridized carbons (Fsp3) is 0.643. The van der Waals surface area contributed by atoms with Crippen LogP contribution in [-0.4, -0.2) is 23.5 Å². The standard InChI is InChI=1S/C14H25N3O2/c1-10-12(9-15-11(2)14(3,4)5)13(18)16-17(10)7-8-19-6/h15H,2,7-9H2,1,3-6H3,(H,16,18). The highest BCUT2D eigenvalue weighted by molar-refractivity contribution is 5.18. The Morgan fingerprint density at radius 2 is 2.11 bits per heavy atom. The van der Waals surface area contributed by atoms with Crippen molar-refractivity contribution in [3.05, 3.63) is 33.9 Å². The minimum absolute atomic E-state index is 0.0146. The zero-order chi connectivity index (χ0) is 14.6. The SMILES string of the molecule is C=C(NCc1c(C)n(CCOC)[nH]c1=O)C(C)(C)C. The van der Waals surface area contributed by atoms with E-state index in [2.05, 4.69) is 37.8 Å². The van der Waals surface area contributed by atoms with Crippen molar-refractivity contribution >= 4 is 0 Å². The normalized spacial score (nSPS) is 11.6. The van der Waals surface area contributed by atoms with Crippen molar-refractivity contribution < 1.29 is 4.74 Å². The second-order valence-corrected chi connectivity index (χ2v) is 5.73. The molecule has 0 unspecified atom stereocenters. The van der Waals surface area contributed by atoms with Crippen molar-refractivity contribution in [1.29, 1.82) is 0 Å². The molecule has 1 heterocycles. The first-order valence-corrected chi connectivity index (χ1v) is 6.48. The highest BCUT2D eigenvalue weighted by Crippen LogP contribution is 2.21. The monoisotopic (exact) mass is 267 g/mol. The molecule has 2 N–H and O–H groups in total. The van der Waals surface area contributed by atoms with Crippen LogP contribution in [-0.2, 0) is 17.8 Å². The van der Waals surface area contributed by atoms with Gasteiger partial charge in [-0.25, -0.2) is 0 Å². The van der Waals surface area contributed by atoms with Gasteiger partial charge in [-0.1, -0.05) is 27.4 Å². The van der Waals surface area contributed by atoms with E-state index in [1.165, 1.54) is 0 Å². The van der Waals surface area contributed by atoms with Gasteiger partial charge in [-0.05, 0) is 6.92 Å². The van der Waals surface area contributed by atoms with E-state index in [-0.39, 0.29) is 11.0 Å². The molecule has 0 aliphatic rings. The van der Waals surface area contributed by atoms with E-state index in [0.717, 1.165) is 17.0 Å². The third kappa shape index (κ3) is 3.99. The van der Waals surface area contributed by atoms with Crippen LogP contribution in [0.3, 0.4) is 0 Å². The van der Waals surface area contributed by atoms with Crippen LogP contribution >= 0.6 is 0 Å². The van der Waals surface area contributed by atoms with Gasteiger partial charge in [0.05, 0.1) is 18.7 Å². The largest absolute Gasteiger partial charge is 0.384 e. The summed E-state index contributed by atoms with van der Waals surface area (Å²) in [4.78, 5) is 11.9. The molecule has 19 heavy (non-hydrogen) atoms. The first-order valence-electron chi connectivity index (χ1n) is 6.48. The van der Waals surface area contributed by atoms with Gasteiger partial charge < -0.3 is 10.1 Å². The second-order valence-electron chi connectivity index (χ2n) is 5.73. The van der Waals surface area contributed by atoms with Gasteiger partial charge in [0.15, 0.2) is 0 Å². The van der Waals surface area contributed by atoms with E-state index in [1.807, 2.05) is 11.6 Å².